The summed E-state index contributed by atoms with van der Waals surface area (Å²) in [6, 6.07) is 7.63. The Morgan fingerprint density at radius 1 is 1.47 bits per heavy atom. The Hall–Kier alpha value is -1.39. The summed E-state index contributed by atoms with van der Waals surface area (Å²) < 4.78 is 0. The smallest absolute Gasteiger partial charge is 0.256 e. The molecule has 1 atom stereocenters. The molecule has 0 radical (unpaired) electrons. The lowest BCUT2D eigenvalue weighted by atomic mass is 10.1. The van der Waals surface area contributed by atoms with Crippen molar-refractivity contribution in [3.05, 3.63) is 51.4 Å². The van der Waals surface area contributed by atoms with Gasteiger partial charge in [0.15, 0.2) is 0 Å². The predicted octanol–water partition coefficient (Wildman–Crippen LogP) is 3.50. The van der Waals surface area contributed by atoms with Crippen LogP contribution in [-0.2, 0) is 6.42 Å². The van der Waals surface area contributed by atoms with Gasteiger partial charge in [0.25, 0.3) is 5.91 Å². The molecule has 19 heavy (non-hydrogen) atoms. The van der Waals surface area contributed by atoms with Crippen LogP contribution in [0.4, 0.5) is 0 Å². The van der Waals surface area contributed by atoms with Gasteiger partial charge in [-0.15, -0.1) is 11.3 Å². The molecule has 0 bridgehead atoms. The van der Waals surface area contributed by atoms with Crippen LogP contribution in [0.5, 0.6) is 0 Å². The van der Waals surface area contributed by atoms with Crippen molar-refractivity contribution in [2.45, 2.75) is 19.4 Å². The van der Waals surface area contributed by atoms with Gasteiger partial charge in [-0.3, -0.25) is 4.79 Å². The first kappa shape index (κ1) is 14.0. The zero-order valence-corrected chi connectivity index (χ0v) is 12.4. The second kappa shape index (κ2) is 6.17. The fourth-order valence-electron chi connectivity index (χ4n) is 1.79. The lowest BCUT2D eigenvalue weighted by Crippen LogP contribution is -2.36. The highest BCUT2D eigenvalue weighted by Gasteiger charge is 2.20. The number of hydrogen-bond acceptors (Lipinski definition) is 3. The summed E-state index contributed by atoms with van der Waals surface area (Å²) in [5.41, 5.74) is 0.449. The van der Waals surface area contributed by atoms with Gasteiger partial charge >= 0.3 is 0 Å². The summed E-state index contributed by atoms with van der Waals surface area (Å²) in [5.74, 6) is -0.0952. The molecule has 2 aromatic heterocycles. The SMILES string of the molecule is CC(Cc1cccs1)N(C)C(=O)c1cccnc1Cl. The topological polar surface area (TPSA) is 33.2 Å². The molecule has 0 spiro atoms. The van der Waals surface area contributed by atoms with Crippen LogP contribution in [0.25, 0.3) is 0 Å². The van der Waals surface area contributed by atoms with Gasteiger partial charge in [-0.1, -0.05) is 17.7 Å². The summed E-state index contributed by atoms with van der Waals surface area (Å²) in [5, 5.41) is 2.30. The van der Waals surface area contributed by atoms with Crippen LogP contribution in [0.15, 0.2) is 35.8 Å². The summed E-state index contributed by atoms with van der Waals surface area (Å²) in [7, 11) is 1.80. The highest BCUT2D eigenvalue weighted by Crippen LogP contribution is 2.18. The number of pyridine rings is 1. The second-order valence-electron chi connectivity index (χ2n) is 4.39. The molecule has 0 aliphatic carbocycles. The van der Waals surface area contributed by atoms with Gasteiger partial charge in [0.1, 0.15) is 5.15 Å². The van der Waals surface area contributed by atoms with E-state index in [9.17, 15) is 4.79 Å². The highest BCUT2D eigenvalue weighted by atomic mass is 35.5. The van der Waals surface area contributed by atoms with Crippen molar-refractivity contribution in [3.63, 3.8) is 0 Å². The van der Waals surface area contributed by atoms with E-state index < -0.39 is 0 Å². The van der Waals surface area contributed by atoms with Crippen molar-refractivity contribution in [2.75, 3.05) is 7.05 Å². The van der Waals surface area contributed by atoms with Crippen molar-refractivity contribution in [1.29, 1.82) is 0 Å². The summed E-state index contributed by atoms with van der Waals surface area (Å²) in [6.45, 7) is 2.03. The van der Waals surface area contributed by atoms with Gasteiger partial charge in [0.2, 0.25) is 0 Å². The van der Waals surface area contributed by atoms with Crippen molar-refractivity contribution in [2.24, 2.45) is 0 Å². The summed E-state index contributed by atoms with van der Waals surface area (Å²) >= 11 is 7.66. The normalized spacial score (nSPS) is 12.2. The molecule has 1 amide bonds. The largest absolute Gasteiger partial charge is 0.339 e. The Morgan fingerprint density at radius 2 is 2.26 bits per heavy atom. The van der Waals surface area contributed by atoms with Crippen LogP contribution in [0, 0.1) is 0 Å². The molecular weight excluding hydrogens is 280 g/mol. The zero-order chi connectivity index (χ0) is 13.8. The molecule has 0 N–H and O–H groups in total. The first-order chi connectivity index (χ1) is 9.09. The molecule has 2 heterocycles. The standard InChI is InChI=1S/C14H15ClN2OS/c1-10(9-11-5-4-8-19-11)17(2)14(18)12-6-3-7-16-13(12)15/h3-8,10H,9H2,1-2H3. The van der Waals surface area contributed by atoms with Gasteiger partial charge in [-0.2, -0.15) is 0 Å². The molecule has 100 valence electrons. The Kier molecular flexibility index (Phi) is 4.56. The van der Waals surface area contributed by atoms with Gasteiger partial charge in [-0.25, -0.2) is 4.98 Å². The van der Waals surface area contributed by atoms with E-state index >= 15 is 0 Å². The molecule has 2 rings (SSSR count). The molecule has 3 nitrogen and oxygen atoms in total. The lowest BCUT2D eigenvalue weighted by molar-refractivity contribution is 0.0743. The molecule has 1 unspecified atom stereocenters. The average molecular weight is 295 g/mol. The van der Waals surface area contributed by atoms with Crippen LogP contribution in [0.1, 0.15) is 22.2 Å². The molecule has 0 aliphatic heterocycles. The van der Waals surface area contributed by atoms with Crippen molar-refractivity contribution in [1.82, 2.24) is 9.88 Å². The molecule has 0 saturated heterocycles. The van der Waals surface area contributed by atoms with Crippen molar-refractivity contribution in [3.8, 4) is 0 Å². The maximum absolute atomic E-state index is 12.3. The fourth-order valence-corrected chi connectivity index (χ4v) is 2.82. The number of rotatable bonds is 4. The molecular formula is C14H15ClN2OS. The van der Waals surface area contributed by atoms with Crippen LogP contribution in [-0.4, -0.2) is 28.9 Å². The van der Waals surface area contributed by atoms with E-state index in [1.165, 1.54) is 4.88 Å². The molecule has 2 aromatic rings. The monoisotopic (exact) mass is 294 g/mol. The maximum atomic E-state index is 12.3. The Labute approximate surface area is 121 Å². The van der Waals surface area contributed by atoms with Crippen LogP contribution >= 0.6 is 22.9 Å². The Morgan fingerprint density at radius 3 is 2.89 bits per heavy atom. The number of carbonyl (C=O) groups excluding carboxylic acids is 1. The molecule has 0 fully saturated rings. The number of likely N-dealkylation sites (N-methyl/N-ethyl adjacent to an activating group) is 1. The third kappa shape index (κ3) is 3.33. The molecule has 0 saturated carbocycles. The van der Waals surface area contributed by atoms with Gasteiger partial charge in [-0.05, 0) is 30.5 Å². The van der Waals surface area contributed by atoms with E-state index in [1.807, 2.05) is 18.4 Å². The van der Waals surface area contributed by atoms with E-state index in [0.29, 0.717) is 5.56 Å². The fraction of sp³-hybridized carbons (Fsp3) is 0.286. The van der Waals surface area contributed by atoms with Crippen molar-refractivity contribution < 1.29 is 4.79 Å². The number of halogens is 1. The number of hydrogen-bond donors (Lipinski definition) is 0. The number of carbonyl (C=O) groups is 1. The Balaban J connectivity index is 2.09. The highest BCUT2D eigenvalue weighted by molar-refractivity contribution is 7.09. The average Bonchev–Trinajstić information content (AvgIpc) is 2.90. The molecule has 0 aromatic carbocycles. The van der Waals surface area contributed by atoms with Crippen LogP contribution < -0.4 is 0 Å². The van der Waals surface area contributed by atoms with E-state index in [2.05, 4.69) is 11.1 Å². The maximum Gasteiger partial charge on any atom is 0.256 e. The van der Waals surface area contributed by atoms with Crippen molar-refractivity contribution >= 4 is 28.8 Å². The lowest BCUT2D eigenvalue weighted by Gasteiger charge is -2.24. The first-order valence-corrected chi connectivity index (χ1v) is 7.25. The Bertz CT molecular complexity index is 556. The number of nitrogens with zero attached hydrogens (tertiary/aromatic N) is 2. The van der Waals surface area contributed by atoms with E-state index in [-0.39, 0.29) is 17.1 Å². The van der Waals surface area contributed by atoms with Gasteiger partial charge in [0.05, 0.1) is 5.56 Å². The van der Waals surface area contributed by atoms with Gasteiger partial charge in [0, 0.05) is 30.6 Å². The van der Waals surface area contributed by atoms with Gasteiger partial charge < -0.3 is 4.90 Å². The third-order valence-electron chi connectivity index (χ3n) is 3.05. The molecule has 0 aliphatic rings. The molecule has 5 heteroatoms. The number of amides is 1. The summed E-state index contributed by atoms with van der Waals surface area (Å²) in [4.78, 5) is 19.3. The van der Waals surface area contributed by atoms with Crippen LogP contribution in [0.3, 0.4) is 0 Å². The number of aromatic nitrogens is 1. The van der Waals surface area contributed by atoms with E-state index in [4.69, 9.17) is 11.6 Å². The zero-order valence-electron chi connectivity index (χ0n) is 10.8. The second-order valence-corrected chi connectivity index (χ2v) is 5.78. The summed E-state index contributed by atoms with van der Waals surface area (Å²) in [6.07, 6.45) is 2.42. The van der Waals surface area contributed by atoms with E-state index in [0.717, 1.165) is 6.42 Å². The minimum atomic E-state index is -0.0952. The third-order valence-corrected chi connectivity index (χ3v) is 4.25. The quantitative estimate of drug-likeness (QED) is 0.809. The minimum absolute atomic E-state index is 0.0952. The number of thiophene rings is 1. The first-order valence-electron chi connectivity index (χ1n) is 5.99. The van der Waals surface area contributed by atoms with E-state index in [1.54, 1.807) is 41.6 Å². The van der Waals surface area contributed by atoms with Crippen LogP contribution in [0.2, 0.25) is 5.15 Å². The predicted molar refractivity (Wildman–Crippen MR) is 78.8 cm³/mol. The minimum Gasteiger partial charge on any atom is -0.339 e.